The lowest BCUT2D eigenvalue weighted by molar-refractivity contribution is 0.217. The summed E-state index contributed by atoms with van der Waals surface area (Å²) in [6.07, 6.45) is 3.99. The Morgan fingerprint density at radius 3 is 2.58 bits per heavy atom. The van der Waals surface area contributed by atoms with Crippen LogP contribution in [0.3, 0.4) is 0 Å². The van der Waals surface area contributed by atoms with Crippen molar-refractivity contribution >= 4 is 11.3 Å². The Morgan fingerprint density at radius 1 is 1.21 bits per heavy atom. The molecule has 0 fully saturated rings. The summed E-state index contributed by atoms with van der Waals surface area (Å²) in [7, 11) is 0. The maximum Gasteiger partial charge on any atom is 0.0300 e. The molecule has 1 rings (SSSR count). The van der Waals surface area contributed by atoms with Crippen LogP contribution >= 0.6 is 11.3 Å². The summed E-state index contributed by atoms with van der Waals surface area (Å²) in [6, 6.07) is 5.09. The van der Waals surface area contributed by atoms with Gasteiger partial charge in [-0.1, -0.05) is 19.8 Å². The molecule has 0 saturated carbocycles. The Balaban J connectivity index is 2.17. The first-order valence-corrected chi connectivity index (χ1v) is 8.45. The molecule has 1 heterocycles. The summed E-state index contributed by atoms with van der Waals surface area (Å²) < 4.78 is 0. The summed E-state index contributed by atoms with van der Waals surface area (Å²) >= 11 is 1.89. The zero-order valence-corrected chi connectivity index (χ0v) is 13.9. The van der Waals surface area contributed by atoms with Gasteiger partial charge in [0.25, 0.3) is 0 Å². The molecule has 0 atom stereocenters. The van der Waals surface area contributed by atoms with Crippen LogP contribution in [0.15, 0.2) is 12.1 Å². The maximum atomic E-state index is 3.56. The van der Waals surface area contributed by atoms with E-state index in [0.29, 0.717) is 6.04 Å². The van der Waals surface area contributed by atoms with E-state index >= 15 is 0 Å². The average molecular weight is 282 g/mol. The van der Waals surface area contributed by atoms with Crippen molar-refractivity contribution in [2.24, 2.45) is 0 Å². The van der Waals surface area contributed by atoms with E-state index in [2.05, 4.69) is 50.0 Å². The number of hydrogen-bond acceptors (Lipinski definition) is 3. The highest BCUT2D eigenvalue weighted by Crippen LogP contribution is 2.14. The first-order valence-electron chi connectivity index (χ1n) is 7.63. The van der Waals surface area contributed by atoms with Gasteiger partial charge in [0.1, 0.15) is 0 Å². The lowest BCUT2D eigenvalue weighted by Crippen LogP contribution is -2.37. The SMILES string of the molecule is CCCCCN(CCNCc1ccc(C)s1)C(C)C. The molecule has 19 heavy (non-hydrogen) atoms. The van der Waals surface area contributed by atoms with Crippen LogP contribution in [0.25, 0.3) is 0 Å². The van der Waals surface area contributed by atoms with Gasteiger partial charge in [0, 0.05) is 35.4 Å². The predicted octanol–water partition coefficient (Wildman–Crippen LogP) is 4.05. The highest BCUT2D eigenvalue weighted by molar-refractivity contribution is 7.11. The van der Waals surface area contributed by atoms with Crippen molar-refractivity contribution < 1.29 is 0 Å². The molecule has 0 amide bonds. The predicted molar refractivity (Wildman–Crippen MR) is 87.0 cm³/mol. The fraction of sp³-hybridized carbons (Fsp3) is 0.750. The number of nitrogens with one attached hydrogen (secondary N) is 1. The van der Waals surface area contributed by atoms with Gasteiger partial charge in [-0.3, -0.25) is 4.90 Å². The van der Waals surface area contributed by atoms with Crippen LogP contribution in [-0.2, 0) is 6.54 Å². The van der Waals surface area contributed by atoms with E-state index in [1.54, 1.807) is 0 Å². The molecule has 0 saturated heterocycles. The third kappa shape index (κ3) is 7.09. The minimum absolute atomic E-state index is 0.655. The van der Waals surface area contributed by atoms with E-state index in [0.717, 1.165) is 19.6 Å². The zero-order chi connectivity index (χ0) is 14.1. The Hall–Kier alpha value is -0.380. The molecule has 0 bridgehead atoms. The molecule has 1 aromatic heterocycles. The van der Waals surface area contributed by atoms with Gasteiger partial charge in [0.2, 0.25) is 0 Å². The molecule has 0 spiro atoms. The summed E-state index contributed by atoms with van der Waals surface area (Å²) in [6.45, 7) is 13.5. The van der Waals surface area contributed by atoms with E-state index in [-0.39, 0.29) is 0 Å². The van der Waals surface area contributed by atoms with Gasteiger partial charge in [0.05, 0.1) is 0 Å². The van der Waals surface area contributed by atoms with Gasteiger partial charge < -0.3 is 5.32 Å². The van der Waals surface area contributed by atoms with E-state index in [1.807, 2.05) is 11.3 Å². The molecule has 0 aliphatic rings. The standard InChI is InChI=1S/C16H30N2S/c1-5-6-7-11-18(14(2)3)12-10-17-13-16-9-8-15(4)19-16/h8-9,14,17H,5-7,10-13H2,1-4H3. The van der Waals surface area contributed by atoms with Crippen LogP contribution < -0.4 is 5.32 Å². The van der Waals surface area contributed by atoms with Crippen LogP contribution in [0, 0.1) is 6.92 Å². The second kappa shape index (κ2) is 9.51. The number of unbranched alkanes of at least 4 members (excludes halogenated alkanes) is 2. The lowest BCUT2D eigenvalue weighted by atomic mass is 10.2. The normalized spacial score (nSPS) is 11.7. The lowest BCUT2D eigenvalue weighted by Gasteiger charge is -2.26. The molecule has 1 aromatic rings. The summed E-state index contributed by atoms with van der Waals surface area (Å²) in [4.78, 5) is 5.43. The molecule has 1 N–H and O–H groups in total. The topological polar surface area (TPSA) is 15.3 Å². The van der Waals surface area contributed by atoms with E-state index in [9.17, 15) is 0 Å². The third-order valence-electron chi connectivity index (χ3n) is 3.45. The van der Waals surface area contributed by atoms with Crippen LogP contribution in [-0.4, -0.2) is 30.6 Å². The van der Waals surface area contributed by atoms with Gasteiger partial charge in [0.15, 0.2) is 0 Å². The van der Waals surface area contributed by atoms with Gasteiger partial charge in [-0.05, 0) is 45.9 Å². The summed E-state index contributed by atoms with van der Waals surface area (Å²) in [5.41, 5.74) is 0. The van der Waals surface area contributed by atoms with Gasteiger partial charge >= 0.3 is 0 Å². The number of rotatable bonds is 10. The van der Waals surface area contributed by atoms with Crippen molar-refractivity contribution in [1.29, 1.82) is 0 Å². The van der Waals surface area contributed by atoms with Crippen molar-refractivity contribution in [1.82, 2.24) is 10.2 Å². The van der Waals surface area contributed by atoms with Crippen molar-refractivity contribution in [3.05, 3.63) is 21.9 Å². The fourth-order valence-electron chi connectivity index (χ4n) is 2.21. The monoisotopic (exact) mass is 282 g/mol. The summed E-state index contributed by atoms with van der Waals surface area (Å²) in [5, 5.41) is 3.56. The molecule has 0 unspecified atom stereocenters. The molecule has 0 aromatic carbocycles. The highest BCUT2D eigenvalue weighted by Gasteiger charge is 2.08. The molecule has 110 valence electrons. The minimum Gasteiger partial charge on any atom is -0.311 e. The fourth-order valence-corrected chi connectivity index (χ4v) is 3.07. The Morgan fingerprint density at radius 2 is 2.00 bits per heavy atom. The Bertz CT molecular complexity index is 333. The van der Waals surface area contributed by atoms with Crippen molar-refractivity contribution in [2.45, 2.75) is 59.5 Å². The quantitative estimate of drug-likeness (QED) is 0.651. The smallest absolute Gasteiger partial charge is 0.0300 e. The second-order valence-corrected chi connectivity index (χ2v) is 6.90. The molecular weight excluding hydrogens is 252 g/mol. The number of hydrogen-bond donors (Lipinski definition) is 1. The molecule has 3 heteroatoms. The molecule has 0 radical (unpaired) electrons. The van der Waals surface area contributed by atoms with Crippen LogP contribution in [0.1, 0.15) is 49.8 Å². The van der Waals surface area contributed by atoms with Crippen LogP contribution in [0.5, 0.6) is 0 Å². The third-order valence-corrected chi connectivity index (χ3v) is 4.45. The average Bonchev–Trinajstić information content (AvgIpc) is 2.78. The van der Waals surface area contributed by atoms with Gasteiger partial charge in [-0.2, -0.15) is 0 Å². The molecule has 2 nitrogen and oxygen atoms in total. The first kappa shape index (κ1) is 16.7. The Kier molecular flexibility index (Phi) is 8.35. The number of nitrogens with zero attached hydrogens (tertiary/aromatic N) is 1. The van der Waals surface area contributed by atoms with Crippen LogP contribution in [0.2, 0.25) is 0 Å². The van der Waals surface area contributed by atoms with Crippen molar-refractivity contribution in [2.75, 3.05) is 19.6 Å². The van der Waals surface area contributed by atoms with Gasteiger partial charge in [-0.25, -0.2) is 0 Å². The second-order valence-electron chi connectivity index (χ2n) is 5.53. The van der Waals surface area contributed by atoms with Crippen LogP contribution in [0.4, 0.5) is 0 Å². The minimum atomic E-state index is 0.655. The Labute approximate surface area is 123 Å². The maximum absolute atomic E-state index is 3.56. The van der Waals surface area contributed by atoms with E-state index in [1.165, 1.54) is 35.6 Å². The van der Waals surface area contributed by atoms with E-state index < -0.39 is 0 Å². The summed E-state index contributed by atoms with van der Waals surface area (Å²) in [5.74, 6) is 0. The van der Waals surface area contributed by atoms with Crippen molar-refractivity contribution in [3.63, 3.8) is 0 Å². The van der Waals surface area contributed by atoms with E-state index in [4.69, 9.17) is 0 Å². The molecule has 0 aliphatic carbocycles. The zero-order valence-electron chi connectivity index (χ0n) is 13.0. The number of aryl methyl sites for hydroxylation is 1. The van der Waals surface area contributed by atoms with Crippen molar-refractivity contribution in [3.8, 4) is 0 Å². The highest BCUT2D eigenvalue weighted by atomic mass is 32.1. The largest absolute Gasteiger partial charge is 0.311 e. The molecular formula is C16H30N2S. The van der Waals surface area contributed by atoms with Gasteiger partial charge in [-0.15, -0.1) is 11.3 Å². The molecule has 0 aliphatic heterocycles. The number of thiophene rings is 1. The first-order chi connectivity index (χ1) is 9.13.